The average molecular weight is 414 g/mol. The van der Waals surface area contributed by atoms with Crippen molar-refractivity contribution in [3.8, 4) is 11.5 Å². The lowest BCUT2D eigenvalue weighted by Crippen LogP contribution is -2.33. The minimum Gasteiger partial charge on any atom is -0.493 e. The molecule has 9 heteroatoms. The maximum atomic E-state index is 12.9. The Morgan fingerprint density at radius 2 is 1.90 bits per heavy atom. The Balaban J connectivity index is 1.95. The number of hydrogen-bond acceptors (Lipinski definition) is 7. The second-order valence-corrected chi connectivity index (χ2v) is 6.69. The molecule has 1 unspecified atom stereocenters. The first kappa shape index (κ1) is 21.1. The highest BCUT2D eigenvalue weighted by Gasteiger charge is 2.33. The van der Waals surface area contributed by atoms with Crippen LogP contribution in [0.4, 0.5) is 5.69 Å². The van der Waals surface area contributed by atoms with Crippen molar-refractivity contribution in [3.05, 3.63) is 63.7 Å². The summed E-state index contributed by atoms with van der Waals surface area (Å²) < 4.78 is 16.0. The quantitative estimate of drug-likeness (QED) is 0.380. The molecule has 0 aromatic heterocycles. The highest BCUT2D eigenvalue weighted by atomic mass is 16.6. The number of esters is 1. The number of hydrogen-bond donors (Lipinski definition) is 1. The number of carbonyl (C=O) groups is 2. The molecule has 0 heterocycles. The van der Waals surface area contributed by atoms with E-state index in [0.29, 0.717) is 5.56 Å². The highest BCUT2D eigenvalue weighted by Crippen LogP contribution is 2.36. The van der Waals surface area contributed by atoms with Crippen LogP contribution >= 0.6 is 0 Å². The molecule has 158 valence electrons. The maximum absolute atomic E-state index is 12.9. The van der Waals surface area contributed by atoms with Crippen LogP contribution in [-0.2, 0) is 9.53 Å². The summed E-state index contributed by atoms with van der Waals surface area (Å²) in [6, 6.07) is 10.9. The van der Waals surface area contributed by atoms with E-state index in [2.05, 4.69) is 5.32 Å². The summed E-state index contributed by atoms with van der Waals surface area (Å²) in [5.41, 5.74) is -0.371. The Kier molecular flexibility index (Phi) is 6.51. The normalized spacial score (nSPS) is 13.8. The van der Waals surface area contributed by atoms with E-state index in [4.69, 9.17) is 14.2 Å². The van der Waals surface area contributed by atoms with Gasteiger partial charge in [-0.3, -0.25) is 14.9 Å². The predicted molar refractivity (Wildman–Crippen MR) is 107 cm³/mol. The van der Waals surface area contributed by atoms with Crippen molar-refractivity contribution in [1.82, 2.24) is 5.32 Å². The van der Waals surface area contributed by atoms with Crippen LogP contribution in [0.15, 0.2) is 42.5 Å². The first-order valence-electron chi connectivity index (χ1n) is 9.50. The maximum Gasteiger partial charge on any atom is 0.346 e. The summed E-state index contributed by atoms with van der Waals surface area (Å²) in [7, 11) is 1.34. The summed E-state index contributed by atoms with van der Waals surface area (Å²) in [5.74, 6) is -1.20. The molecule has 1 amide bonds. The minimum absolute atomic E-state index is 0.0577. The van der Waals surface area contributed by atoms with Gasteiger partial charge in [-0.05, 0) is 19.8 Å². The monoisotopic (exact) mass is 414 g/mol. The molecule has 1 atom stereocenters. The fourth-order valence-electron chi connectivity index (χ4n) is 2.87. The minimum atomic E-state index is -1.24. The third-order valence-electron chi connectivity index (χ3n) is 4.49. The molecule has 1 fully saturated rings. The number of amides is 1. The topological polar surface area (TPSA) is 117 Å². The third kappa shape index (κ3) is 4.86. The Morgan fingerprint density at radius 1 is 1.20 bits per heavy atom. The van der Waals surface area contributed by atoms with Gasteiger partial charge in [-0.25, -0.2) is 4.79 Å². The number of ether oxygens (including phenoxy) is 3. The number of benzene rings is 2. The van der Waals surface area contributed by atoms with E-state index in [0.717, 1.165) is 18.9 Å². The lowest BCUT2D eigenvalue weighted by molar-refractivity contribution is -0.385. The van der Waals surface area contributed by atoms with Gasteiger partial charge in [0.05, 0.1) is 24.7 Å². The number of nitro groups is 1. The Hall–Kier alpha value is -3.62. The fourth-order valence-corrected chi connectivity index (χ4v) is 2.87. The Labute approximate surface area is 173 Å². The van der Waals surface area contributed by atoms with E-state index in [1.54, 1.807) is 37.3 Å². The van der Waals surface area contributed by atoms with Gasteiger partial charge in [-0.15, -0.1) is 0 Å². The highest BCUT2D eigenvalue weighted by molar-refractivity contribution is 5.97. The Bertz CT molecular complexity index is 942. The molecular formula is C21H22N2O7. The summed E-state index contributed by atoms with van der Waals surface area (Å²) in [5, 5.41) is 14.3. The van der Waals surface area contributed by atoms with Crippen LogP contribution in [0.3, 0.4) is 0 Å². The van der Waals surface area contributed by atoms with Gasteiger partial charge in [0, 0.05) is 17.7 Å². The van der Waals surface area contributed by atoms with Crippen molar-refractivity contribution < 1.29 is 28.7 Å². The van der Waals surface area contributed by atoms with Crippen molar-refractivity contribution in [1.29, 1.82) is 0 Å². The molecule has 0 spiro atoms. The van der Waals surface area contributed by atoms with Crippen molar-refractivity contribution >= 4 is 17.6 Å². The van der Waals surface area contributed by atoms with E-state index in [-0.39, 0.29) is 29.7 Å². The molecular weight excluding hydrogens is 392 g/mol. The van der Waals surface area contributed by atoms with Gasteiger partial charge in [0.25, 0.3) is 11.6 Å². The number of rotatable bonds is 9. The SMILES string of the molecule is CCOc1cc(C(=O)OC(C(=O)NC2CC2)c2ccccc2)c([N+](=O)[O-])cc1OC. The van der Waals surface area contributed by atoms with Crippen LogP contribution in [0, 0.1) is 10.1 Å². The molecule has 9 nitrogen and oxygen atoms in total. The number of nitro benzene ring substituents is 1. The van der Waals surface area contributed by atoms with Crippen molar-refractivity contribution in [2.24, 2.45) is 0 Å². The summed E-state index contributed by atoms with van der Waals surface area (Å²) in [6.07, 6.45) is 0.489. The zero-order valence-electron chi connectivity index (χ0n) is 16.6. The van der Waals surface area contributed by atoms with Crippen molar-refractivity contribution in [2.45, 2.75) is 31.9 Å². The van der Waals surface area contributed by atoms with Crippen molar-refractivity contribution in [3.63, 3.8) is 0 Å². The number of nitrogens with zero attached hydrogens (tertiary/aromatic N) is 1. The van der Waals surface area contributed by atoms with Gasteiger partial charge in [0.15, 0.2) is 11.5 Å². The van der Waals surface area contributed by atoms with Gasteiger partial charge in [0.1, 0.15) is 5.56 Å². The second-order valence-electron chi connectivity index (χ2n) is 6.69. The van der Waals surface area contributed by atoms with Gasteiger partial charge in [-0.2, -0.15) is 0 Å². The number of carbonyl (C=O) groups excluding carboxylic acids is 2. The van der Waals surface area contributed by atoms with Crippen LogP contribution in [0.5, 0.6) is 11.5 Å². The van der Waals surface area contributed by atoms with Crippen LogP contribution < -0.4 is 14.8 Å². The van der Waals surface area contributed by atoms with Crippen LogP contribution in [0.2, 0.25) is 0 Å². The van der Waals surface area contributed by atoms with Crippen LogP contribution in [0.25, 0.3) is 0 Å². The zero-order chi connectivity index (χ0) is 21.7. The van der Waals surface area contributed by atoms with Crippen molar-refractivity contribution in [2.75, 3.05) is 13.7 Å². The van der Waals surface area contributed by atoms with Gasteiger partial charge in [0.2, 0.25) is 6.10 Å². The smallest absolute Gasteiger partial charge is 0.346 e. The molecule has 3 rings (SSSR count). The van der Waals surface area contributed by atoms with E-state index < -0.39 is 28.6 Å². The predicted octanol–water partition coefficient (Wildman–Crippen LogP) is 3.18. The molecule has 30 heavy (non-hydrogen) atoms. The molecule has 2 aromatic rings. The Morgan fingerprint density at radius 3 is 2.47 bits per heavy atom. The molecule has 0 bridgehead atoms. The number of methoxy groups -OCH3 is 1. The first-order valence-corrected chi connectivity index (χ1v) is 9.50. The first-order chi connectivity index (χ1) is 14.4. The third-order valence-corrected chi connectivity index (χ3v) is 4.49. The fraction of sp³-hybridized carbons (Fsp3) is 0.333. The lowest BCUT2D eigenvalue weighted by atomic mass is 10.1. The zero-order valence-corrected chi connectivity index (χ0v) is 16.6. The molecule has 1 aliphatic carbocycles. The van der Waals surface area contributed by atoms with Gasteiger partial charge in [-0.1, -0.05) is 30.3 Å². The van der Waals surface area contributed by atoms with E-state index in [1.807, 2.05) is 0 Å². The molecule has 0 saturated heterocycles. The van der Waals surface area contributed by atoms with Crippen LogP contribution in [-0.4, -0.2) is 36.6 Å². The molecule has 0 aliphatic heterocycles. The second kappa shape index (κ2) is 9.25. The van der Waals surface area contributed by atoms with Gasteiger partial charge >= 0.3 is 5.97 Å². The van der Waals surface area contributed by atoms with Crippen LogP contribution in [0.1, 0.15) is 41.8 Å². The van der Waals surface area contributed by atoms with Gasteiger partial charge < -0.3 is 19.5 Å². The average Bonchev–Trinajstić information content (AvgIpc) is 3.56. The van der Waals surface area contributed by atoms with E-state index in [1.165, 1.54) is 13.2 Å². The standard InChI is InChI=1S/C21H22N2O7/c1-3-29-18-11-15(16(23(26)27)12-17(18)28-2)21(25)30-19(13-7-5-4-6-8-13)20(24)22-14-9-10-14/h4-8,11-12,14,19H,3,9-10H2,1-2H3,(H,22,24). The molecule has 1 aliphatic rings. The number of nitrogens with one attached hydrogen (secondary N) is 1. The largest absolute Gasteiger partial charge is 0.493 e. The molecule has 0 radical (unpaired) electrons. The summed E-state index contributed by atoms with van der Waals surface area (Å²) in [4.78, 5) is 36.4. The summed E-state index contributed by atoms with van der Waals surface area (Å²) >= 11 is 0. The summed E-state index contributed by atoms with van der Waals surface area (Å²) in [6.45, 7) is 1.99. The lowest BCUT2D eigenvalue weighted by Gasteiger charge is -2.18. The van der Waals surface area contributed by atoms with E-state index >= 15 is 0 Å². The molecule has 1 N–H and O–H groups in total. The molecule has 1 saturated carbocycles. The van der Waals surface area contributed by atoms with E-state index in [9.17, 15) is 19.7 Å². The molecule has 2 aromatic carbocycles.